The van der Waals surface area contributed by atoms with Crippen LogP contribution < -0.4 is 39.3 Å². The van der Waals surface area contributed by atoms with Crippen LogP contribution in [-0.2, 0) is 19.0 Å². The number of hydrogen-bond donors (Lipinski definition) is 2. The Balaban J connectivity index is 0.00000696. The number of rotatable bonds is 13. The molecule has 0 bridgehead atoms. The zero-order chi connectivity index (χ0) is 39.9. The van der Waals surface area contributed by atoms with E-state index in [2.05, 4.69) is 20.6 Å². The summed E-state index contributed by atoms with van der Waals surface area (Å²) in [5.41, 5.74) is 0.502. The molecular weight excluding hydrogens is 869 g/mol. The molecule has 1 saturated heterocycles. The fourth-order valence-electron chi connectivity index (χ4n) is 5.98. The highest BCUT2D eigenvalue weighted by atomic mass is 127. The first-order valence-corrected chi connectivity index (χ1v) is 17.7. The number of nitrogens with one attached hydrogen (secondary N) is 2. The van der Waals surface area contributed by atoms with Crippen molar-refractivity contribution in [3.8, 4) is 23.1 Å². The second-order valence-corrected chi connectivity index (χ2v) is 14.4. The predicted molar refractivity (Wildman–Crippen MR) is 197 cm³/mol. The van der Waals surface area contributed by atoms with Crippen molar-refractivity contribution < 1.29 is 70.6 Å². The van der Waals surface area contributed by atoms with Crippen LogP contribution >= 0.6 is 11.6 Å². The number of carbonyl (C=O) groups excluding carboxylic acids is 3. The molecule has 2 aromatic carbocycles. The van der Waals surface area contributed by atoms with E-state index in [1.54, 1.807) is 51.2 Å². The normalized spacial score (nSPS) is 16.7. The molecule has 5 rings (SSSR count). The number of benzene rings is 2. The Kier molecular flexibility index (Phi) is 14.8. The summed E-state index contributed by atoms with van der Waals surface area (Å²) < 4.78 is 52.9. The molecule has 1 aliphatic rings. The number of esters is 1. The van der Waals surface area contributed by atoms with Crippen LogP contribution in [0.2, 0.25) is 5.02 Å². The molecule has 2 amide bonds. The van der Waals surface area contributed by atoms with Crippen LogP contribution in [0.25, 0.3) is 16.9 Å². The number of piperazine rings is 1. The Bertz CT molecular complexity index is 2110. The lowest BCUT2D eigenvalue weighted by Crippen LogP contribution is -3.00. The van der Waals surface area contributed by atoms with Gasteiger partial charge in [0.15, 0.2) is 35.7 Å². The first-order valence-electron chi connectivity index (χ1n) is 17.3. The third-order valence-electron chi connectivity index (χ3n) is 8.80. The maximum Gasteiger partial charge on any atom is 0.411 e. The third kappa shape index (κ3) is 10.5. The highest BCUT2D eigenvalue weighted by molar-refractivity contribution is 6.34. The molecule has 15 nitrogen and oxygen atoms in total. The van der Waals surface area contributed by atoms with E-state index in [0.29, 0.717) is 48.6 Å². The van der Waals surface area contributed by atoms with E-state index >= 15 is 4.39 Å². The maximum absolute atomic E-state index is 15.0. The molecule has 1 fully saturated rings. The summed E-state index contributed by atoms with van der Waals surface area (Å²) in [6.07, 6.45) is 3.81. The maximum atomic E-state index is 15.0. The van der Waals surface area contributed by atoms with Crippen LogP contribution in [0.1, 0.15) is 31.1 Å². The van der Waals surface area contributed by atoms with Crippen molar-refractivity contribution in [2.24, 2.45) is 0 Å². The lowest BCUT2D eigenvalue weighted by Gasteiger charge is -2.45. The summed E-state index contributed by atoms with van der Waals surface area (Å²) in [5, 5.41) is 14.7. The Morgan fingerprint density at radius 2 is 1.89 bits per heavy atom. The number of likely N-dealkylation sites (N-methyl/N-ethyl adjacent to an activating group) is 1. The average Bonchev–Trinajstić information content (AvgIpc) is 3.57. The molecule has 0 radical (unpaired) electrons. The molecule has 4 aromatic rings. The summed E-state index contributed by atoms with van der Waals surface area (Å²) in [5.74, 6) is -3.39. The molecule has 19 heteroatoms. The zero-order valence-corrected chi connectivity index (χ0v) is 34.3. The fourth-order valence-corrected chi connectivity index (χ4v) is 6.25. The van der Waals surface area contributed by atoms with Gasteiger partial charge in [-0.2, -0.15) is 9.65 Å². The SMILES string of the molecule is COC(=O)C1C[N+](C)(CCOCCNC(=O)c2ccc(Nc3nccn4c(-c5ccc(OCC#N)c(F)c5F)cnc34)cc2Cl)CCN1C(=O)OC(C)(C)C.[I-]. The highest BCUT2D eigenvalue weighted by Crippen LogP contribution is 2.32. The molecule has 2 atom stereocenters. The van der Waals surface area contributed by atoms with Crippen molar-refractivity contribution in [1.82, 2.24) is 24.6 Å². The lowest BCUT2D eigenvalue weighted by molar-refractivity contribution is -0.915. The number of hydrogen-bond acceptors (Lipinski definition) is 11. The summed E-state index contributed by atoms with van der Waals surface area (Å²) in [7, 11) is 3.27. The van der Waals surface area contributed by atoms with Crippen LogP contribution in [-0.4, -0.2) is 120 Å². The molecule has 1 aliphatic heterocycles. The van der Waals surface area contributed by atoms with E-state index in [1.165, 1.54) is 40.9 Å². The molecule has 2 unspecified atom stereocenters. The Morgan fingerprint density at radius 3 is 2.59 bits per heavy atom. The smallest absolute Gasteiger partial charge is 0.411 e. The second kappa shape index (κ2) is 18.9. The highest BCUT2D eigenvalue weighted by Gasteiger charge is 2.44. The van der Waals surface area contributed by atoms with Gasteiger partial charge in [-0.3, -0.25) is 14.1 Å². The van der Waals surface area contributed by atoms with E-state index in [4.69, 9.17) is 35.8 Å². The number of methoxy groups -OCH3 is 1. The van der Waals surface area contributed by atoms with Crippen molar-refractivity contribution in [2.45, 2.75) is 32.4 Å². The van der Waals surface area contributed by atoms with Crippen LogP contribution in [0.4, 0.5) is 25.1 Å². The number of nitrogens with zero attached hydrogens (tertiary/aromatic N) is 6. The van der Waals surface area contributed by atoms with E-state index in [9.17, 15) is 18.8 Å². The van der Waals surface area contributed by atoms with Gasteiger partial charge in [0, 0.05) is 30.2 Å². The van der Waals surface area contributed by atoms with Gasteiger partial charge in [0.25, 0.3) is 5.91 Å². The van der Waals surface area contributed by atoms with Gasteiger partial charge in [0.1, 0.15) is 24.8 Å². The monoisotopic (exact) mass is 910 g/mol. The number of carbonyl (C=O) groups is 3. The van der Waals surface area contributed by atoms with Crippen LogP contribution in [0.15, 0.2) is 48.9 Å². The third-order valence-corrected chi connectivity index (χ3v) is 9.11. The standard InChI is InChI=1S/C37H41ClF2N8O7.HI/c1-37(2,3)55-36(51)47-14-15-48(4,22-28(47)35(50)52-5)16-19-53-18-12-43-34(49)24-7-6-23(20-26(24)38)45-32-33-44-21-27(46(33)13-11-42-32)25-8-9-29(54-17-10-41)31(40)30(25)39;/h6-9,11,13,20-21,28H,12,14-19,22H2,1-5H3,(H-,42,43,45,49);1H. The molecule has 2 N–H and O–H groups in total. The summed E-state index contributed by atoms with van der Waals surface area (Å²) in [6.45, 7) is 7.46. The molecule has 0 aliphatic carbocycles. The minimum atomic E-state index is -1.23. The minimum Gasteiger partial charge on any atom is -1.00 e. The van der Waals surface area contributed by atoms with Crippen molar-refractivity contribution in [1.29, 1.82) is 5.26 Å². The van der Waals surface area contributed by atoms with Gasteiger partial charge in [0.05, 0.1) is 62.9 Å². The predicted octanol–water partition coefficient (Wildman–Crippen LogP) is 1.96. The number of halogens is 4. The first-order chi connectivity index (χ1) is 26.1. The van der Waals surface area contributed by atoms with E-state index in [-0.39, 0.29) is 70.5 Å². The van der Waals surface area contributed by atoms with Gasteiger partial charge in [0.2, 0.25) is 5.82 Å². The molecule has 0 spiro atoms. The molecule has 300 valence electrons. The number of quaternary nitrogens is 1. The van der Waals surface area contributed by atoms with E-state index < -0.39 is 47.9 Å². The summed E-state index contributed by atoms with van der Waals surface area (Å²) in [6, 6.07) is 8.22. The summed E-state index contributed by atoms with van der Waals surface area (Å²) >= 11 is 6.49. The lowest BCUT2D eigenvalue weighted by atomic mass is 10.1. The number of aromatic nitrogens is 3. The number of nitriles is 1. The first kappa shape index (κ1) is 43.9. The van der Waals surface area contributed by atoms with Gasteiger partial charge in [-0.05, 0) is 51.1 Å². The average molecular weight is 911 g/mol. The molecule has 2 aromatic heterocycles. The molecule has 56 heavy (non-hydrogen) atoms. The Labute approximate surface area is 344 Å². The number of anilines is 2. The molecule has 3 heterocycles. The minimum absolute atomic E-state index is 0. The fraction of sp³-hybridized carbons (Fsp3) is 0.405. The molecular formula is C37H42ClF2IN8O7. The van der Waals surface area contributed by atoms with Gasteiger partial charge in [-0.25, -0.2) is 23.9 Å². The Hall–Kier alpha value is -4.84. The van der Waals surface area contributed by atoms with Crippen molar-refractivity contribution >= 4 is 46.7 Å². The van der Waals surface area contributed by atoms with Gasteiger partial charge >= 0.3 is 12.1 Å². The van der Waals surface area contributed by atoms with Crippen molar-refractivity contribution in [3.05, 3.63) is 71.1 Å². The summed E-state index contributed by atoms with van der Waals surface area (Å²) in [4.78, 5) is 48.4. The number of ether oxygens (including phenoxy) is 4. The molecule has 0 saturated carbocycles. The van der Waals surface area contributed by atoms with Crippen LogP contribution in [0, 0.1) is 23.0 Å². The van der Waals surface area contributed by atoms with Crippen LogP contribution in [0.3, 0.4) is 0 Å². The Morgan fingerprint density at radius 1 is 1.12 bits per heavy atom. The van der Waals surface area contributed by atoms with Crippen LogP contribution in [0.5, 0.6) is 5.75 Å². The van der Waals surface area contributed by atoms with E-state index in [0.717, 1.165) is 0 Å². The van der Waals surface area contributed by atoms with Gasteiger partial charge < -0.3 is 58.0 Å². The largest absolute Gasteiger partial charge is 1.00 e. The van der Waals surface area contributed by atoms with E-state index in [1.807, 2.05) is 7.05 Å². The van der Waals surface area contributed by atoms with Gasteiger partial charge in [-0.15, -0.1) is 0 Å². The second-order valence-electron chi connectivity index (χ2n) is 13.9. The number of imidazole rings is 1. The zero-order valence-electron chi connectivity index (χ0n) is 31.4. The number of amides is 2. The van der Waals surface area contributed by atoms with Gasteiger partial charge in [-0.1, -0.05) is 11.6 Å². The quantitative estimate of drug-likeness (QED) is 0.0872. The van der Waals surface area contributed by atoms with Crippen molar-refractivity contribution in [3.63, 3.8) is 0 Å². The topological polar surface area (TPSA) is 169 Å². The number of fused-ring (bicyclic) bond motifs is 1. The van der Waals surface area contributed by atoms with Crippen molar-refractivity contribution in [2.75, 3.05) is 72.0 Å².